The predicted octanol–water partition coefficient (Wildman–Crippen LogP) is 3.47. The fourth-order valence-electron chi connectivity index (χ4n) is 7.00. The second kappa shape index (κ2) is 16.3. The first-order valence-electron chi connectivity index (χ1n) is 18.5. The van der Waals surface area contributed by atoms with Gasteiger partial charge in [0.05, 0.1) is 81.4 Å². The first-order valence-corrected chi connectivity index (χ1v) is 18.9. The quantitative estimate of drug-likeness (QED) is 0.259. The van der Waals surface area contributed by atoms with Gasteiger partial charge in [-0.05, 0) is 50.2 Å². The summed E-state index contributed by atoms with van der Waals surface area (Å²) in [7, 11) is 0. The molecule has 5 aromatic rings. The summed E-state index contributed by atoms with van der Waals surface area (Å²) < 4.78 is 22.1. The van der Waals surface area contributed by atoms with Crippen LogP contribution in [0.4, 0.5) is 29.4 Å². The van der Waals surface area contributed by atoms with Gasteiger partial charge in [-0.25, -0.2) is 15.0 Å². The summed E-state index contributed by atoms with van der Waals surface area (Å²) >= 11 is 6.08. The maximum absolute atomic E-state index is 6.08. The Morgan fingerprint density at radius 2 is 1.11 bits per heavy atom. The summed E-state index contributed by atoms with van der Waals surface area (Å²) in [6.45, 7) is 14.5. The number of aromatic nitrogens is 7. The van der Waals surface area contributed by atoms with Crippen LogP contribution in [0.15, 0.2) is 42.6 Å². The van der Waals surface area contributed by atoms with Crippen molar-refractivity contribution in [3.63, 3.8) is 0 Å². The number of anilines is 5. The molecule has 17 heteroatoms. The van der Waals surface area contributed by atoms with Gasteiger partial charge in [-0.15, -0.1) is 0 Å². The van der Waals surface area contributed by atoms with E-state index < -0.39 is 0 Å². The van der Waals surface area contributed by atoms with Crippen LogP contribution in [-0.2, 0) is 18.9 Å². The highest BCUT2D eigenvalue weighted by Gasteiger charge is 2.27. The number of nitrogen functional groups attached to an aromatic ring is 1. The molecule has 284 valence electrons. The Labute approximate surface area is 318 Å². The lowest BCUT2D eigenvalue weighted by Crippen LogP contribution is -2.45. The van der Waals surface area contributed by atoms with Gasteiger partial charge in [0.25, 0.3) is 0 Å². The SMILES string of the molecule is C[C@H]1COCCN1c1nc(N2CCOCC2)c2ccc(-c3ccc(N)nc3)nc2n1.C[C@H]1COCCN1c1nc(N2CCOCC2)c2ccc(Cl)nc2n1. The first kappa shape index (κ1) is 36.2. The van der Waals surface area contributed by atoms with Gasteiger partial charge in [0.2, 0.25) is 11.9 Å². The Kier molecular flexibility index (Phi) is 11.0. The number of morpholine rings is 4. The van der Waals surface area contributed by atoms with Gasteiger partial charge in [0, 0.05) is 51.0 Å². The van der Waals surface area contributed by atoms with E-state index in [9.17, 15) is 0 Å². The van der Waals surface area contributed by atoms with Crippen molar-refractivity contribution in [3.05, 3.63) is 47.7 Å². The Balaban J connectivity index is 0.000000157. The molecule has 0 radical (unpaired) electrons. The van der Waals surface area contributed by atoms with E-state index >= 15 is 0 Å². The van der Waals surface area contributed by atoms with Crippen molar-refractivity contribution in [1.29, 1.82) is 0 Å². The van der Waals surface area contributed by atoms with E-state index in [4.69, 9.17) is 56.2 Å². The van der Waals surface area contributed by atoms with Crippen molar-refractivity contribution in [1.82, 2.24) is 34.9 Å². The largest absolute Gasteiger partial charge is 0.384 e. The van der Waals surface area contributed by atoms with Crippen molar-refractivity contribution in [2.75, 3.05) is 117 Å². The smallest absolute Gasteiger partial charge is 0.229 e. The van der Waals surface area contributed by atoms with Crippen molar-refractivity contribution < 1.29 is 18.9 Å². The van der Waals surface area contributed by atoms with E-state index in [1.54, 1.807) is 18.3 Å². The predicted molar refractivity (Wildman–Crippen MR) is 209 cm³/mol. The molecule has 4 aliphatic rings. The average molecular weight is 757 g/mol. The second-order valence-electron chi connectivity index (χ2n) is 13.7. The fraction of sp³-hybridized carbons (Fsp3) is 0.486. The van der Waals surface area contributed by atoms with Crippen LogP contribution < -0.4 is 25.3 Å². The lowest BCUT2D eigenvalue weighted by atomic mass is 10.1. The van der Waals surface area contributed by atoms with Gasteiger partial charge in [-0.1, -0.05) is 11.6 Å². The number of nitrogens with zero attached hydrogens (tertiary/aromatic N) is 11. The molecule has 4 fully saturated rings. The monoisotopic (exact) mass is 756 g/mol. The molecular weight excluding hydrogens is 712 g/mol. The van der Waals surface area contributed by atoms with E-state index in [0.29, 0.717) is 87.0 Å². The van der Waals surface area contributed by atoms with E-state index in [0.717, 1.165) is 72.9 Å². The normalized spacial score (nSPS) is 20.9. The average Bonchev–Trinajstić information content (AvgIpc) is 3.21. The summed E-state index contributed by atoms with van der Waals surface area (Å²) in [4.78, 5) is 41.7. The third kappa shape index (κ3) is 7.88. The molecule has 16 nitrogen and oxygen atoms in total. The van der Waals surface area contributed by atoms with Crippen molar-refractivity contribution in [3.8, 4) is 11.3 Å². The Morgan fingerprint density at radius 3 is 1.63 bits per heavy atom. The summed E-state index contributed by atoms with van der Waals surface area (Å²) in [5.41, 5.74) is 8.75. The fourth-order valence-corrected chi connectivity index (χ4v) is 7.14. The summed E-state index contributed by atoms with van der Waals surface area (Å²) in [6.07, 6.45) is 1.73. The maximum atomic E-state index is 6.08. The summed E-state index contributed by atoms with van der Waals surface area (Å²) in [6, 6.07) is 11.9. The number of ether oxygens (including phenoxy) is 4. The molecule has 4 saturated heterocycles. The van der Waals surface area contributed by atoms with E-state index in [1.165, 1.54) is 0 Å². The van der Waals surface area contributed by atoms with E-state index in [1.807, 2.05) is 24.3 Å². The van der Waals surface area contributed by atoms with Crippen molar-refractivity contribution >= 4 is 63.0 Å². The standard InChI is InChI=1S/C21H25N7O2.C16H20ClN5O2/c1-14-13-30-11-8-28(14)21-25-19-16(20(26-21)27-6-9-29-10-7-27)3-4-17(24-19)15-2-5-18(22)23-12-15;1-11-10-24-9-6-22(11)16-19-14-12(2-3-13(17)18-14)15(20-16)21-4-7-23-8-5-21/h2-5,12,14H,6-11,13H2,1H3,(H2,22,23);2-3,11H,4-10H2,1H3/t14-;11-/m00/s1. The topological polar surface area (TPSA) is 166 Å². The minimum atomic E-state index is 0.207. The Morgan fingerprint density at radius 1 is 0.593 bits per heavy atom. The lowest BCUT2D eigenvalue weighted by Gasteiger charge is -2.34. The van der Waals surface area contributed by atoms with Gasteiger partial charge in [-0.3, -0.25) is 0 Å². The van der Waals surface area contributed by atoms with Crippen LogP contribution in [0.25, 0.3) is 33.3 Å². The van der Waals surface area contributed by atoms with Crippen LogP contribution in [0.3, 0.4) is 0 Å². The minimum Gasteiger partial charge on any atom is -0.384 e. The zero-order chi connectivity index (χ0) is 37.0. The highest BCUT2D eigenvalue weighted by atomic mass is 35.5. The molecule has 0 unspecified atom stereocenters. The van der Waals surface area contributed by atoms with Crippen LogP contribution in [-0.4, -0.2) is 139 Å². The van der Waals surface area contributed by atoms with Gasteiger partial charge in [-0.2, -0.15) is 19.9 Å². The van der Waals surface area contributed by atoms with Crippen LogP contribution >= 0.6 is 11.6 Å². The third-order valence-electron chi connectivity index (χ3n) is 9.97. The van der Waals surface area contributed by atoms with Crippen LogP contribution in [0.2, 0.25) is 5.15 Å². The van der Waals surface area contributed by atoms with Gasteiger partial charge in [0.1, 0.15) is 22.6 Å². The molecule has 0 spiro atoms. The first-order chi connectivity index (χ1) is 26.4. The van der Waals surface area contributed by atoms with E-state index in [2.05, 4.69) is 48.4 Å². The zero-order valence-electron chi connectivity index (χ0n) is 30.6. The number of rotatable bonds is 5. The third-order valence-corrected chi connectivity index (χ3v) is 10.2. The number of hydrogen-bond acceptors (Lipinski definition) is 16. The number of nitrogens with two attached hydrogens (primary N) is 1. The van der Waals surface area contributed by atoms with Gasteiger partial charge in [0.15, 0.2) is 11.3 Å². The van der Waals surface area contributed by atoms with Crippen molar-refractivity contribution in [2.24, 2.45) is 0 Å². The van der Waals surface area contributed by atoms with Gasteiger partial charge >= 0.3 is 0 Å². The molecule has 0 saturated carbocycles. The molecule has 5 aromatic heterocycles. The molecule has 0 aliphatic carbocycles. The number of halogens is 1. The van der Waals surface area contributed by atoms with E-state index in [-0.39, 0.29) is 12.1 Å². The molecular formula is C37H45ClN12O4. The number of fused-ring (bicyclic) bond motifs is 2. The highest BCUT2D eigenvalue weighted by molar-refractivity contribution is 6.29. The Bertz CT molecular complexity index is 2070. The lowest BCUT2D eigenvalue weighted by molar-refractivity contribution is 0.0980. The summed E-state index contributed by atoms with van der Waals surface area (Å²) in [5.74, 6) is 3.68. The molecule has 0 amide bonds. The minimum absolute atomic E-state index is 0.207. The molecule has 54 heavy (non-hydrogen) atoms. The number of hydrogen-bond donors (Lipinski definition) is 1. The molecule has 2 N–H and O–H groups in total. The summed E-state index contributed by atoms with van der Waals surface area (Å²) in [5, 5.41) is 2.30. The molecule has 4 aliphatic heterocycles. The molecule has 9 heterocycles. The molecule has 2 atom stereocenters. The Hall–Kier alpha value is -4.74. The maximum Gasteiger partial charge on any atom is 0.229 e. The van der Waals surface area contributed by atoms with Crippen LogP contribution in [0, 0.1) is 0 Å². The molecule has 0 aromatic carbocycles. The van der Waals surface area contributed by atoms with Gasteiger partial charge < -0.3 is 44.3 Å². The van der Waals surface area contributed by atoms with Crippen LogP contribution in [0.5, 0.6) is 0 Å². The van der Waals surface area contributed by atoms with Crippen LogP contribution in [0.1, 0.15) is 13.8 Å². The number of pyridine rings is 3. The second-order valence-corrected chi connectivity index (χ2v) is 14.1. The van der Waals surface area contributed by atoms with Crippen molar-refractivity contribution in [2.45, 2.75) is 25.9 Å². The molecule has 9 rings (SSSR count). The zero-order valence-corrected chi connectivity index (χ0v) is 31.4. The molecule has 0 bridgehead atoms. The highest BCUT2D eigenvalue weighted by Crippen LogP contribution is 2.31.